The number of anilines is 1. The van der Waals surface area contributed by atoms with E-state index in [2.05, 4.69) is 106 Å². The second-order valence-corrected chi connectivity index (χ2v) is 8.04. The third-order valence-corrected chi connectivity index (χ3v) is 5.57. The molecule has 0 aliphatic carbocycles. The molecule has 3 heteroatoms. The van der Waals surface area contributed by atoms with Crippen LogP contribution in [0.3, 0.4) is 0 Å². The Hall–Kier alpha value is -3.04. The van der Waals surface area contributed by atoms with Crippen LogP contribution in [0.2, 0.25) is 0 Å². The number of para-hydroxylation sites is 1. The Morgan fingerprint density at radius 3 is 1.60 bits per heavy atom. The van der Waals surface area contributed by atoms with Crippen molar-refractivity contribution in [2.75, 3.05) is 4.90 Å². The average Bonchev–Trinajstić information content (AvgIpc) is 2.80. The summed E-state index contributed by atoms with van der Waals surface area (Å²) >= 11 is 3.71. The molecule has 0 fully saturated rings. The van der Waals surface area contributed by atoms with E-state index in [0.717, 1.165) is 34.6 Å². The highest BCUT2D eigenvalue weighted by Crippen LogP contribution is 2.37. The molecule has 0 amide bonds. The highest BCUT2D eigenvalue weighted by molar-refractivity contribution is 9.10. The molecule has 0 radical (unpaired) electrons. The van der Waals surface area contributed by atoms with Crippen molar-refractivity contribution in [2.45, 2.75) is 19.7 Å². The zero-order valence-corrected chi connectivity index (χ0v) is 18.3. The number of ether oxygens (including phenoxy) is 1. The van der Waals surface area contributed by atoms with Crippen LogP contribution >= 0.6 is 15.9 Å². The van der Waals surface area contributed by atoms with Crippen molar-refractivity contribution in [3.05, 3.63) is 130 Å². The molecule has 2 nitrogen and oxygen atoms in total. The van der Waals surface area contributed by atoms with Crippen LogP contribution in [-0.2, 0) is 19.7 Å². The van der Waals surface area contributed by atoms with Crippen molar-refractivity contribution in [3.63, 3.8) is 0 Å². The summed E-state index contributed by atoms with van der Waals surface area (Å²) in [4.78, 5) is 2.37. The lowest BCUT2D eigenvalue weighted by molar-refractivity contribution is 0.304. The first kappa shape index (κ1) is 20.2. The van der Waals surface area contributed by atoms with Gasteiger partial charge in [0.15, 0.2) is 5.75 Å². The van der Waals surface area contributed by atoms with Gasteiger partial charge in [-0.25, -0.2) is 0 Å². The molecule has 0 saturated heterocycles. The fourth-order valence-corrected chi connectivity index (χ4v) is 3.92. The third kappa shape index (κ3) is 5.31. The Kier molecular flexibility index (Phi) is 6.83. The van der Waals surface area contributed by atoms with Gasteiger partial charge in [-0.05, 0) is 44.8 Å². The first-order valence-electron chi connectivity index (χ1n) is 10.1. The molecule has 150 valence electrons. The van der Waals surface area contributed by atoms with Crippen molar-refractivity contribution >= 4 is 21.6 Å². The number of hydrogen-bond acceptors (Lipinski definition) is 2. The van der Waals surface area contributed by atoms with Crippen molar-refractivity contribution in [1.29, 1.82) is 0 Å². The fraction of sp³-hybridized carbons (Fsp3) is 0.111. The molecule has 30 heavy (non-hydrogen) atoms. The van der Waals surface area contributed by atoms with Crippen molar-refractivity contribution in [1.82, 2.24) is 0 Å². The molecular formula is C27H24BrNO. The van der Waals surface area contributed by atoms with Gasteiger partial charge in [-0.3, -0.25) is 0 Å². The fourth-order valence-electron chi connectivity index (χ4n) is 3.45. The highest BCUT2D eigenvalue weighted by Gasteiger charge is 2.16. The maximum absolute atomic E-state index is 6.32. The largest absolute Gasteiger partial charge is 0.486 e. The van der Waals surface area contributed by atoms with Gasteiger partial charge < -0.3 is 9.64 Å². The van der Waals surface area contributed by atoms with E-state index in [9.17, 15) is 0 Å². The van der Waals surface area contributed by atoms with Gasteiger partial charge >= 0.3 is 0 Å². The number of benzene rings is 4. The summed E-state index contributed by atoms with van der Waals surface area (Å²) in [6.45, 7) is 2.13. The smallest absolute Gasteiger partial charge is 0.157 e. The molecule has 0 aliphatic rings. The molecule has 4 aromatic rings. The maximum atomic E-state index is 6.32. The molecule has 0 aromatic heterocycles. The summed E-state index contributed by atoms with van der Waals surface area (Å²) < 4.78 is 7.28. The lowest BCUT2D eigenvalue weighted by Crippen LogP contribution is -2.23. The molecule has 0 N–H and O–H groups in total. The molecule has 0 heterocycles. The van der Waals surface area contributed by atoms with E-state index in [1.165, 1.54) is 11.1 Å². The summed E-state index contributed by atoms with van der Waals surface area (Å²) in [6.07, 6.45) is 0. The lowest BCUT2D eigenvalue weighted by atomic mass is 10.1. The summed E-state index contributed by atoms with van der Waals surface area (Å²) in [5, 5.41) is 0. The van der Waals surface area contributed by atoms with Crippen LogP contribution < -0.4 is 9.64 Å². The first-order chi connectivity index (χ1) is 14.8. The van der Waals surface area contributed by atoms with Gasteiger partial charge in [0.1, 0.15) is 6.61 Å². The van der Waals surface area contributed by atoms with Crippen LogP contribution in [0.15, 0.2) is 114 Å². The molecule has 0 saturated carbocycles. The average molecular weight is 458 g/mol. The molecule has 0 bridgehead atoms. The Morgan fingerprint density at radius 1 is 0.567 bits per heavy atom. The van der Waals surface area contributed by atoms with Gasteiger partial charge in [0, 0.05) is 13.1 Å². The van der Waals surface area contributed by atoms with E-state index in [1.54, 1.807) is 0 Å². The zero-order chi connectivity index (χ0) is 20.6. The maximum Gasteiger partial charge on any atom is 0.157 e. The first-order valence-corrected chi connectivity index (χ1v) is 10.9. The van der Waals surface area contributed by atoms with Crippen LogP contribution in [0, 0.1) is 0 Å². The van der Waals surface area contributed by atoms with E-state index < -0.39 is 0 Å². The highest BCUT2D eigenvalue weighted by atomic mass is 79.9. The molecule has 0 atom stereocenters. The molecule has 4 aromatic carbocycles. The normalized spacial score (nSPS) is 10.6. The quantitative estimate of drug-likeness (QED) is 0.276. The van der Waals surface area contributed by atoms with Gasteiger partial charge in [-0.1, -0.05) is 97.1 Å². The Bertz CT molecular complexity index is 1010. The van der Waals surface area contributed by atoms with Crippen LogP contribution in [0.5, 0.6) is 5.75 Å². The minimum atomic E-state index is 0.529. The van der Waals surface area contributed by atoms with E-state index in [4.69, 9.17) is 4.74 Å². The van der Waals surface area contributed by atoms with Crippen molar-refractivity contribution < 1.29 is 4.74 Å². The number of halogens is 1. The van der Waals surface area contributed by atoms with E-state index in [-0.39, 0.29) is 0 Å². The van der Waals surface area contributed by atoms with Crippen LogP contribution in [-0.4, -0.2) is 0 Å². The SMILES string of the molecule is Brc1cccc(N(Cc2ccccc2)Cc2ccccc2)c1OCc1ccccc1. The molecular weight excluding hydrogens is 434 g/mol. The predicted molar refractivity (Wildman–Crippen MR) is 128 cm³/mol. The van der Waals surface area contributed by atoms with Gasteiger partial charge in [0.2, 0.25) is 0 Å². The van der Waals surface area contributed by atoms with E-state index >= 15 is 0 Å². The Labute approximate surface area is 186 Å². The second kappa shape index (κ2) is 10.1. The standard InChI is InChI=1S/C27H24BrNO/c28-25-17-10-18-26(27(25)30-21-24-15-8-3-9-16-24)29(19-22-11-4-1-5-12-22)20-23-13-6-2-7-14-23/h1-18H,19-21H2. The Balaban J connectivity index is 1.65. The molecule has 0 aliphatic heterocycles. The van der Waals surface area contributed by atoms with Gasteiger partial charge in [-0.15, -0.1) is 0 Å². The summed E-state index contributed by atoms with van der Waals surface area (Å²) in [7, 11) is 0. The van der Waals surface area contributed by atoms with Gasteiger partial charge in [0.05, 0.1) is 10.2 Å². The van der Waals surface area contributed by atoms with Crippen LogP contribution in [0.25, 0.3) is 0 Å². The topological polar surface area (TPSA) is 12.5 Å². The third-order valence-electron chi connectivity index (χ3n) is 4.95. The Morgan fingerprint density at radius 2 is 1.07 bits per heavy atom. The van der Waals surface area contributed by atoms with Gasteiger partial charge in [-0.2, -0.15) is 0 Å². The summed E-state index contributed by atoms with van der Waals surface area (Å²) in [5.74, 6) is 0.869. The molecule has 4 rings (SSSR count). The van der Waals surface area contributed by atoms with Crippen molar-refractivity contribution in [2.24, 2.45) is 0 Å². The second-order valence-electron chi connectivity index (χ2n) is 7.19. The zero-order valence-electron chi connectivity index (χ0n) is 16.7. The van der Waals surface area contributed by atoms with Crippen LogP contribution in [0.1, 0.15) is 16.7 Å². The molecule has 0 spiro atoms. The number of nitrogens with zero attached hydrogens (tertiary/aromatic N) is 1. The van der Waals surface area contributed by atoms with Crippen molar-refractivity contribution in [3.8, 4) is 5.75 Å². The number of rotatable bonds is 8. The van der Waals surface area contributed by atoms with E-state index in [0.29, 0.717) is 6.61 Å². The lowest BCUT2D eigenvalue weighted by Gasteiger charge is -2.28. The summed E-state index contributed by atoms with van der Waals surface area (Å²) in [5.41, 5.74) is 4.76. The minimum absolute atomic E-state index is 0.529. The summed E-state index contributed by atoms with van der Waals surface area (Å²) in [6, 6.07) is 37.6. The number of hydrogen-bond donors (Lipinski definition) is 0. The van der Waals surface area contributed by atoms with E-state index in [1.807, 2.05) is 24.3 Å². The predicted octanol–water partition coefficient (Wildman–Crippen LogP) is 7.23. The molecule has 0 unspecified atom stereocenters. The minimum Gasteiger partial charge on any atom is -0.486 e. The van der Waals surface area contributed by atoms with Crippen LogP contribution in [0.4, 0.5) is 5.69 Å². The van der Waals surface area contributed by atoms with Gasteiger partial charge in [0.25, 0.3) is 0 Å². The monoisotopic (exact) mass is 457 g/mol.